The standard InChI is InChI=1S/C18H22N4OS/c23-17(15-11-19-6-7-20-15)21-16-1-3-18(16)4-8-22(9-5-18)12-14-2-10-24-13-14/h2,6-7,10-11,13,16H,1,3-5,8-9,12H2,(H,21,23)/t16-/m0/s1. The third-order valence-corrected chi connectivity index (χ3v) is 6.34. The maximum atomic E-state index is 12.3. The second-order valence-corrected chi connectivity index (χ2v) is 7.71. The lowest BCUT2D eigenvalue weighted by atomic mass is 9.59. The van der Waals surface area contributed by atoms with Gasteiger partial charge in [0, 0.05) is 25.0 Å². The fourth-order valence-electron chi connectivity index (χ4n) is 3.97. The topological polar surface area (TPSA) is 58.1 Å². The van der Waals surface area contributed by atoms with Crippen LogP contribution in [0.3, 0.4) is 0 Å². The minimum absolute atomic E-state index is 0.0899. The number of aromatic nitrogens is 2. The summed E-state index contributed by atoms with van der Waals surface area (Å²) in [7, 11) is 0. The summed E-state index contributed by atoms with van der Waals surface area (Å²) in [6, 6.07) is 2.50. The van der Waals surface area contributed by atoms with E-state index < -0.39 is 0 Å². The molecule has 1 amide bonds. The SMILES string of the molecule is O=C(N[C@H]1CCC12CCN(Cc1ccsc1)CC2)c1cnccn1. The van der Waals surface area contributed by atoms with Crippen LogP contribution in [0.15, 0.2) is 35.4 Å². The molecule has 6 heteroatoms. The molecule has 0 unspecified atom stereocenters. The molecule has 1 aliphatic carbocycles. The largest absolute Gasteiger partial charge is 0.347 e. The molecule has 2 aromatic heterocycles. The second kappa shape index (κ2) is 6.61. The van der Waals surface area contributed by atoms with E-state index in [9.17, 15) is 4.79 Å². The van der Waals surface area contributed by atoms with Gasteiger partial charge in [0.25, 0.3) is 5.91 Å². The minimum atomic E-state index is -0.0899. The molecule has 1 aliphatic heterocycles. The zero-order chi connectivity index (χ0) is 16.4. The summed E-state index contributed by atoms with van der Waals surface area (Å²) in [4.78, 5) is 22.9. The molecule has 1 saturated carbocycles. The van der Waals surface area contributed by atoms with Gasteiger partial charge >= 0.3 is 0 Å². The highest BCUT2D eigenvalue weighted by Gasteiger charge is 2.48. The van der Waals surface area contributed by atoms with Crippen molar-refractivity contribution in [3.05, 3.63) is 46.7 Å². The molecule has 126 valence electrons. The molecule has 0 aromatic carbocycles. The van der Waals surface area contributed by atoms with Crippen LogP contribution >= 0.6 is 11.3 Å². The number of rotatable bonds is 4. The summed E-state index contributed by atoms with van der Waals surface area (Å²) in [5.41, 5.74) is 2.12. The maximum Gasteiger partial charge on any atom is 0.271 e. The van der Waals surface area contributed by atoms with Crippen LogP contribution in [0, 0.1) is 5.41 Å². The van der Waals surface area contributed by atoms with Gasteiger partial charge < -0.3 is 5.32 Å². The minimum Gasteiger partial charge on any atom is -0.347 e. The lowest BCUT2D eigenvalue weighted by Crippen LogP contribution is -2.59. The Kier molecular flexibility index (Phi) is 4.33. The van der Waals surface area contributed by atoms with Crippen LogP contribution in [0.2, 0.25) is 0 Å². The molecule has 2 aromatic rings. The number of likely N-dealkylation sites (tertiary alicyclic amines) is 1. The van der Waals surface area contributed by atoms with E-state index >= 15 is 0 Å². The summed E-state index contributed by atoms with van der Waals surface area (Å²) in [5, 5.41) is 7.57. The Bertz CT molecular complexity index is 680. The molecule has 2 aliphatic rings. The van der Waals surface area contributed by atoms with Crippen molar-refractivity contribution < 1.29 is 4.79 Å². The molecule has 0 bridgehead atoms. The summed E-state index contributed by atoms with van der Waals surface area (Å²) < 4.78 is 0. The normalized spacial score (nSPS) is 22.9. The molecule has 2 fully saturated rings. The van der Waals surface area contributed by atoms with Gasteiger partial charge in [0.1, 0.15) is 5.69 Å². The zero-order valence-corrected chi connectivity index (χ0v) is 14.5. The summed E-state index contributed by atoms with van der Waals surface area (Å²) in [6.45, 7) is 3.29. The van der Waals surface area contributed by atoms with Gasteiger partial charge in [0.05, 0.1) is 6.20 Å². The highest BCUT2D eigenvalue weighted by atomic mass is 32.1. The van der Waals surface area contributed by atoms with Crippen molar-refractivity contribution in [2.45, 2.75) is 38.3 Å². The quantitative estimate of drug-likeness (QED) is 0.928. The molecule has 0 radical (unpaired) electrons. The molecule has 1 atom stereocenters. The molecule has 5 nitrogen and oxygen atoms in total. The van der Waals surface area contributed by atoms with Gasteiger partial charge in [-0.1, -0.05) is 0 Å². The number of hydrogen-bond acceptors (Lipinski definition) is 5. The van der Waals surface area contributed by atoms with Gasteiger partial charge in [-0.2, -0.15) is 11.3 Å². The molecular formula is C18H22N4OS. The predicted octanol–water partition coefficient (Wildman–Crippen LogP) is 2.71. The monoisotopic (exact) mass is 342 g/mol. The number of thiophene rings is 1. The van der Waals surface area contributed by atoms with Gasteiger partial charge in [-0.3, -0.25) is 14.7 Å². The van der Waals surface area contributed by atoms with Crippen molar-refractivity contribution in [1.82, 2.24) is 20.2 Å². The number of piperidine rings is 1. The first kappa shape index (κ1) is 15.7. The van der Waals surface area contributed by atoms with E-state index in [4.69, 9.17) is 0 Å². The smallest absolute Gasteiger partial charge is 0.271 e. The van der Waals surface area contributed by atoms with Crippen LogP contribution in [0.1, 0.15) is 41.7 Å². The maximum absolute atomic E-state index is 12.3. The number of carbonyl (C=O) groups is 1. The van der Waals surface area contributed by atoms with Crippen molar-refractivity contribution in [3.8, 4) is 0 Å². The molecule has 4 rings (SSSR count). The van der Waals surface area contributed by atoms with Crippen molar-refractivity contribution in [1.29, 1.82) is 0 Å². The first-order valence-electron chi connectivity index (χ1n) is 8.55. The Morgan fingerprint density at radius 3 is 2.83 bits per heavy atom. The third kappa shape index (κ3) is 3.08. The van der Waals surface area contributed by atoms with E-state index in [1.54, 1.807) is 23.7 Å². The predicted molar refractivity (Wildman–Crippen MR) is 93.8 cm³/mol. The summed E-state index contributed by atoms with van der Waals surface area (Å²) in [6.07, 6.45) is 9.33. The van der Waals surface area contributed by atoms with Crippen molar-refractivity contribution in [2.75, 3.05) is 13.1 Å². The Labute approximate surface area is 146 Å². The van der Waals surface area contributed by atoms with Gasteiger partial charge in [-0.15, -0.1) is 0 Å². The lowest BCUT2D eigenvalue weighted by molar-refractivity contribution is -0.00716. The number of nitrogens with zero attached hydrogens (tertiary/aromatic N) is 3. The van der Waals surface area contributed by atoms with Gasteiger partial charge in [0.15, 0.2) is 0 Å². The van der Waals surface area contributed by atoms with Crippen LogP contribution in [-0.2, 0) is 6.54 Å². The number of hydrogen-bond donors (Lipinski definition) is 1. The first-order chi connectivity index (χ1) is 11.8. The van der Waals surface area contributed by atoms with Crippen LogP contribution in [0.4, 0.5) is 0 Å². The van der Waals surface area contributed by atoms with Crippen molar-refractivity contribution in [2.24, 2.45) is 5.41 Å². The van der Waals surface area contributed by atoms with Gasteiger partial charge in [-0.25, -0.2) is 4.98 Å². The van der Waals surface area contributed by atoms with Crippen molar-refractivity contribution >= 4 is 17.2 Å². The van der Waals surface area contributed by atoms with Crippen LogP contribution in [0.25, 0.3) is 0 Å². The molecule has 1 N–H and O–H groups in total. The fourth-order valence-corrected chi connectivity index (χ4v) is 4.63. The van der Waals surface area contributed by atoms with Gasteiger partial charge in [0.2, 0.25) is 0 Å². The van der Waals surface area contributed by atoms with E-state index in [-0.39, 0.29) is 11.9 Å². The van der Waals surface area contributed by atoms with E-state index in [2.05, 4.69) is 37.0 Å². The highest BCUT2D eigenvalue weighted by molar-refractivity contribution is 7.07. The Balaban J connectivity index is 1.33. The Hall–Kier alpha value is -1.79. The summed E-state index contributed by atoms with van der Waals surface area (Å²) >= 11 is 1.76. The van der Waals surface area contributed by atoms with E-state index in [1.165, 1.54) is 31.0 Å². The highest BCUT2D eigenvalue weighted by Crippen LogP contribution is 2.49. The average molecular weight is 342 g/mol. The van der Waals surface area contributed by atoms with E-state index in [1.807, 2.05) is 0 Å². The number of amides is 1. The Morgan fingerprint density at radius 2 is 2.21 bits per heavy atom. The summed E-state index contributed by atoms with van der Waals surface area (Å²) in [5.74, 6) is -0.0899. The van der Waals surface area contributed by atoms with Gasteiger partial charge in [-0.05, 0) is 66.6 Å². The van der Waals surface area contributed by atoms with Crippen LogP contribution in [0.5, 0.6) is 0 Å². The molecule has 1 saturated heterocycles. The molecule has 24 heavy (non-hydrogen) atoms. The number of carbonyl (C=O) groups excluding carboxylic acids is 1. The molecule has 1 spiro atoms. The van der Waals surface area contributed by atoms with Crippen LogP contribution in [-0.4, -0.2) is 39.9 Å². The average Bonchev–Trinajstić information content (AvgIpc) is 3.13. The van der Waals surface area contributed by atoms with Crippen molar-refractivity contribution in [3.63, 3.8) is 0 Å². The zero-order valence-electron chi connectivity index (χ0n) is 13.6. The number of nitrogens with one attached hydrogen (secondary N) is 1. The Morgan fingerprint density at radius 1 is 1.33 bits per heavy atom. The second-order valence-electron chi connectivity index (χ2n) is 6.93. The van der Waals surface area contributed by atoms with E-state index in [0.717, 1.165) is 26.1 Å². The third-order valence-electron chi connectivity index (χ3n) is 5.61. The fraction of sp³-hybridized carbons (Fsp3) is 0.500. The lowest BCUT2D eigenvalue weighted by Gasteiger charge is -2.54. The molecular weight excluding hydrogens is 320 g/mol. The van der Waals surface area contributed by atoms with Crippen LogP contribution < -0.4 is 5.32 Å². The first-order valence-corrected chi connectivity index (χ1v) is 9.50. The molecule has 3 heterocycles. The van der Waals surface area contributed by atoms with E-state index in [0.29, 0.717) is 11.1 Å².